The minimum atomic E-state index is -3.75. The molecule has 1 aromatic carbocycles. The zero-order valence-electron chi connectivity index (χ0n) is 13.7. The molecule has 0 radical (unpaired) electrons. The molecule has 1 aliphatic rings. The van der Waals surface area contributed by atoms with Crippen molar-refractivity contribution >= 4 is 21.7 Å². The first-order chi connectivity index (χ1) is 10.1. The number of halogens is 1. The van der Waals surface area contributed by atoms with Crippen LogP contribution in [0.5, 0.6) is 0 Å². The van der Waals surface area contributed by atoms with Crippen LogP contribution in [-0.4, -0.2) is 19.9 Å². The summed E-state index contributed by atoms with van der Waals surface area (Å²) in [5.41, 5.74) is 1.20. The van der Waals surface area contributed by atoms with Gasteiger partial charge in [0.05, 0.1) is 16.4 Å². The van der Waals surface area contributed by atoms with Crippen LogP contribution in [0.2, 0.25) is 0 Å². The second-order valence-corrected chi connectivity index (χ2v) is 9.43. The Labute approximate surface area is 139 Å². The first-order valence-electron chi connectivity index (χ1n) is 7.73. The van der Waals surface area contributed by atoms with Gasteiger partial charge in [-0.2, -0.15) is 8.42 Å². The van der Waals surface area contributed by atoms with E-state index in [4.69, 9.17) is 15.8 Å². The summed E-state index contributed by atoms with van der Waals surface area (Å²) in [6.07, 6.45) is 1.98. The molecular weight excluding hydrogens is 320 g/mol. The van der Waals surface area contributed by atoms with E-state index in [0.717, 1.165) is 18.4 Å². The molecule has 3 unspecified atom stereocenters. The predicted molar refractivity (Wildman–Crippen MR) is 89.7 cm³/mol. The molecule has 2 rings (SSSR count). The van der Waals surface area contributed by atoms with Crippen molar-refractivity contribution in [3.8, 4) is 0 Å². The van der Waals surface area contributed by atoms with Crippen LogP contribution >= 0.6 is 11.6 Å². The summed E-state index contributed by atoms with van der Waals surface area (Å²) in [5, 5.41) is -0.266. The summed E-state index contributed by atoms with van der Waals surface area (Å²) in [6, 6.07) is 6.69. The normalized spacial score (nSPS) is 26.9. The van der Waals surface area contributed by atoms with Gasteiger partial charge in [-0.1, -0.05) is 38.5 Å². The summed E-state index contributed by atoms with van der Waals surface area (Å²) in [6.45, 7) is 8.52. The predicted octanol–water partition coefficient (Wildman–Crippen LogP) is 4.52. The molecular formula is C17H25ClO3S. The van der Waals surface area contributed by atoms with E-state index in [1.54, 1.807) is 24.3 Å². The number of aryl methyl sites for hydroxylation is 1. The van der Waals surface area contributed by atoms with Gasteiger partial charge < -0.3 is 0 Å². The topological polar surface area (TPSA) is 43.4 Å². The Balaban J connectivity index is 2.06. The van der Waals surface area contributed by atoms with Gasteiger partial charge in [-0.15, -0.1) is 11.6 Å². The van der Waals surface area contributed by atoms with Crippen LogP contribution in [0.1, 0.15) is 45.6 Å². The summed E-state index contributed by atoms with van der Waals surface area (Å²) >= 11 is 6.41. The van der Waals surface area contributed by atoms with Gasteiger partial charge in [0.15, 0.2) is 0 Å². The zero-order valence-corrected chi connectivity index (χ0v) is 15.2. The summed E-state index contributed by atoms with van der Waals surface area (Å²) in [7, 11) is -3.75. The van der Waals surface area contributed by atoms with Crippen LogP contribution in [0.4, 0.5) is 0 Å². The zero-order chi connectivity index (χ0) is 16.5. The van der Waals surface area contributed by atoms with Gasteiger partial charge in [-0.3, -0.25) is 4.18 Å². The van der Waals surface area contributed by atoms with Gasteiger partial charge in [0.25, 0.3) is 10.1 Å². The minimum absolute atomic E-state index is 0.188. The second kappa shape index (κ2) is 6.50. The molecule has 0 N–H and O–H groups in total. The van der Waals surface area contributed by atoms with Crippen molar-refractivity contribution in [3.05, 3.63) is 29.8 Å². The third-order valence-electron chi connectivity index (χ3n) is 4.50. The van der Waals surface area contributed by atoms with E-state index >= 15 is 0 Å². The Morgan fingerprint density at radius 1 is 1.14 bits per heavy atom. The van der Waals surface area contributed by atoms with E-state index in [9.17, 15) is 8.42 Å². The third kappa shape index (κ3) is 4.24. The molecule has 124 valence electrons. The van der Waals surface area contributed by atoms with E-state index in [1.807, 2.05) is 6.92 Å². The maximum absolute atomic E-state index is 12.4. The Morgan fingerprint density at radius 3 is 2.23 bits per heavy atom. The second-order valence-electron chi connectivity index (χ2n) is 7.29. The molecule has 0 saturated heterocycles. The lowest BCUT2D eigenvalue weighted by atomic mass is 9.72. The van der Waals surface area contributed by atoms with Crippen LogP contribution in [0.25, 0.3) is 0 Å². The first kappa shape index (κ1) is 17.8. The van der Waals surface area contributed by atoms with E-state index < -0.39 is 16.2 Å². The monoisotopic (exact) mass is 344 g/mol. The molecule has 3 atom stereocenters. The fraction of sp³-hybridized carbons (Fsp3) is 0.647. The van der Waals surface area contributed by atoms with Gasteiger partial charge in [-0.05, 0) is 49.7 Å². The standard InChI is InChI=1S/C17H25ClO3S/c1-12-5-8-14(9-6-12)22(19,20)21-16-10-7-13(11-15(16)18)17(2,3)4/h5-6,8-9,13,15-16H,7,10-11H2,1-4H3. The van der Waals surface area contributed by atoms with Crippen molar-refractivity contribution < 1.29 is 12.6 Å². The Kier molecular flexibility index (Phi) is 5.25. The van der Waals surface area contributed by atoms with E-state index in [1.165, 1.54) is 0 Å². The summed E-state index contributed by atoms with van der Waals surface area (Å²) in [5.74, 6) is 0.497. The highest BCUT2D eigenvalue weighted by atomic mass is 35.5. The van der Waals surface area contributed by atoms with Crippen molar-refractivity contribution in [2.24, 2.45) is 11.3 Å². The Hall–Kier alpha value is -0.580. The molecule has 1 saturated carbocycles. The van der Waals surface area contributed by atoms with Crippen LogP contribution in [-0.2, 0) is 14.3 Å². The van der Waals surface area contributed by atoms with Gasteiger partial charge in [0.1, 0.15) is 0 Å². The van der Waals surface area contributed by atoms with E-state index in [0.29, 0.717) is 12.3 Å². The van der Waals surface area contributed by atoms with E-state index in [2.05, 4.69) is 20.8 Å². The summed E-state index contributed by atoms with van der Waals surface area (Å²) < 4.78 is 30.1. The lowest BCUT2D eigenvalue weighted by Crippen LogP contribution is -2.38. The molecule has 1 aromatic rings. The maximum Gasteiger partial charge on any atom is 0.297 e. The summed E-state index contributed by atoms with van der Waals surface area (Å²) in [4.78, 5) is 0.194. The Morgan fingerprint density at radius 2 is 1.73 bits per heavy atom. The number of hydrogen-bond donors (Lipinski definition) is 0. The molecule has 0 amide bonds. The minimum Gasteiger partial charge on any atom is -0.261 e. The maximum atomic E-state index is 12.4. The van der Waals surface area contributed by atoms with Crippen LogP contribution in [0.3, 0.4) is 0 Å². The van der Waals surface area contributed by atoms with Gasteiger partial charge in [0, 0.05) is 0 Å². The lowest BCUT2D eigenvalue weighted by molar-refractivity contribution is 0.0962. The average molecular weight is 345 g/mol. The van der Waals surface area contributed by atoms with Crippen molar-refractivity contribution in [1.82, 2.24) is 0 Å². The molecule has 22 heavy (non-hydrogen) atoms. The number of hydrogen-bond acceptors (Lipinski definition) is 3. The highest BCUT2D eigenvalue weighted by molar-refractivity contribution is 7.86. The van der Waals surface area contributed by atoms with Gasteiger partial charge >= 0.3 is 0 Å². The van der Waals surface area contributed by atoms with Crippen molar-refractivity contribution in [2.75, 3.05) is 0 Å². The van der Waals surface area contributed by atoms with E-state index in [-0.39, 0.29) is 15.7 Å². The number of rotatable bonds is 3. The molecule has 5 heteroatoms. The quantitative estimate of drug-likeness (QED) is 0.598. The smallest absolute Gasteiger partial charge is 0.261 e. The lowest BCUT2D eigenvalue weighted by Gasteiger charge is -2.39. The van der Waals surface area contributed by atoms with Gasteiger partial charge in [0.2, 0.25) is 0 Å². The molecule has 0 spiro atoms. The molecule has 1 aliphatic carbocycles. The first-order valence-corrected chi connectivity index (χ1v) is 9.58. The highest BCUT2D eigenvalue weighted by Crippen LogP contribution is 2.41. The fourth-order valence-corrected chi connectivity index (χ4v) is 4.50. The van der Waals surface area contributed by atoms with Crippen LogP contribution < -0.4 is 0 Å². The average Bonchev–Trinajstić information content (AvgIpc) is 2.40. The van der Waals surface area contributed by atoms with Crippen LogP contribution in [0.15, 0.2) is 29.2 Å². The molecule has 1 fully saturated rings. The largest absolute Gasteiger partial charge is 0.297 e. The molecule has 0 aliphatic heterocycles. The van der Waals surface area contributed by atoms with Crippen LogP contribution in [0, 0.1) is 18.3 Å². The van der Waals surface area contributed by atoms with Crippen molar-refractivity contribution in [3.63, 3.8) is 0 Å². The Bertz CT molecular complexity index is 602. The number of benzene rings is 1. The SMILES string of the molecule is Cc1ccc(S(=O)(=O)OC2CCC(C(C)(C)C)CC2Cl)cc1. The molecule has 0 bridgehead atoms. The molecule has 0 aromatic heterocycles. The highest BCUT2D eigenvalue weighted by Gasteiger charge is 2.37. The fourth-order valence-electron chi connectivity index (χ4n) is 2.91. The molecule has 3 nitrogen and oxygen atoms in total. The van der Waals surface area contributed by atoms with Crippen molar-refractivity contribution in [2.45, 2.75) is 63.3 Å². The number of alkyl halides is 1. The van der Waals surface area contributed by atoms with Gasteiger partial charge in [-0.25, -0.2) is 0 Å². The third-order valence-corrected chi connectivity index (χ3v) is 6.31. The van der Waals surface area contributed by atoms with Crippen molar-refractivity contribution in [1.29, 1.82) is 0 Å². The molecule has 0 heterocycles.